The number of methoxy groups -OCH3 is 2. The Morgan fingerprint density at radius 2 is 1.91 bits per heavy atom. The van der Waals surface area contributed by atoms with Gasteiger partial charge in [-0.15, -0.1) is 11.3 Å². The molecule has 11 heteroatoms. The van der Waals surface area contributed by atoms with Gasteiger partial charge in [0.15, 0.2) is 10.9 Å². The van der Waals surface area contributed by atoms with Crippen LogP contribution in [0.15, 0.2) is 42.9 Å². The summed E-state index contributed by atoms with van der Waals surface area (Å²) in [5.41, 5.74) is 2.98. The molecule has 0 spiro atoms. The van der Waals surface area contributed by atoms with E-state index in [0.29, 0.717) is 24.2 Å². The highest BCUT2D eigenvalue weighted by Gasteiger charge is 2.30. The van der Waals surface area contributed by atoms with Crippen molar-refractivity contribution in [3.8, 4) is 17.0 Å². The van der Waals surface area contributed by atoms with Crippen molar-refractivity contribution in [1.82, 2.24) is 24.7 Å². The molecule has 0 saturated heterocycles. The van der Waals surface area contributed by atoms with E-state index in [9.17, 15) is 4.39 Å². The highest BCUT2D eigenvalue weighted by Crippen LogP contribution is 2.41. The number of nitrogens with one attached hydrogen (secondary N) is 1. The monoisotopic (exact) mass is 495 g/mol. The molecule has 0 radical (unpaired) electrons. The number of nitrogens with zero attached hydrogens (tertiary/aromatic N) is 6. The third-order valence-electron chi connectivity index (χ3n) is 5.89. The van der Waals surface area contributed by atoms with Crippen molar-refractivity contribution in [2.24, 2.45) is 0 Å². The molecule has 1 N–H and O–H groups in total. The van der Waals surface area contributed by atoms with Crippen molar-refractivity contribution >= 4 is 28.2 Å². The lowest BCUT2D eigenvalue weighted by molar-refractivity contribution is 0.181. The second kappa shape index (κ2) is 9.96. The van der Waals surface area contributed by atoms with Crippen LogP contribution in [0.1, 0.15) is 17.4 Å². The predicted molar refractivity (Wildman–Crippen MR) is 133 cm³/mol. The first kappa shape index (κ1) is 23.2. The maximum atomic E-state index is 13.2. The number of aromatic nitrogens is 5. The Hall–Kier alpha value is -3.57. The van der Waals surface area contributed by atoms with Crippen molar-refractivity contribution in [3.05, 3.63) is 59.1 Å². The molecule has 0 saturated carbocycles. The van der Waals surface area contributed by atoms with E-state index in [0.717, 1.165) is 58.6 Å². The van der Waals surface area contributed by atoms with E-state index in [1.807, 2.05) is 35.1 Å². The van der Waals surface area contributed by atoms with E-state index in [4.69, 9.17) is 19.6 Å². The van der Waals surface area contributed by atoms with Gasteiger partial charge in [-0.3, -0.25) is 0 Å². The smallest absolute Gasteiger partial charge is 0.229 e. The second-order valence-corrected chi connectivity index (χ2v) is 9.36. The molecule has 0 amide bonds. The maximum Gasteiger partial charge on any atom is 0.229 e. The Morgan fingerprint density at radius 1 is 1.14 bits per heavy atom. The number of thiazole rings is 1. The van der Waals surface area contributed by atoms with Crippen LogP contribution in [0.4, 0.5) is 21.3 Å². The molecule has 0 aliphatic carbocycles. The van der Waals surface area contributed by atoms with Crippen LogP contribution in [-0.2, 0) is 17.7 Å². The second-order valence-electron chi connectivity index (χ2n) is 8.28. The Bertz CT molecular complexity index is 1290. The Kier molecular flexibility index (Phi) is 6.60. The van der Waals surface area contributed by atoms with E-state index >= 15 is 0 Å². The zero-order valence-electron chi connectivity index (χ0n) is 19.7. The lowest BCUT2D eigenvalue weighted by atomic mass is 10.2. The first-order valence-electron chi connectivity index (χ1n) is 11.2. The fourth-order valence-electron chi connectivity index (χ4n) is 4.21. The standard InChI is InChI=1S/C24H26FN7O2S/c1-15(14-33-2)31-9-8-20-21(29-24(35-20)30-23-26-10-17(25)11-27-23)19-12-28-32(22(19)31)13-16-4-6-18(34-3)7-5-16/h4-7,10-12,15H,8-9,13-14H2,1-3H3,(H,26,27,29,30)/t15-/m0/s1. The summed E-state index contributed by atoms with van der Waals surface area (Å²) in [6.45, 7) is 4.17. The van der Waals surface area contributed by atoms with Crippen molar-refractivity contribution in [2.45, 2.75) is 25.9 Å². The number of hydrogen-bond acceptors (Lipinski definition) is 9. The van der Waals surface area contributed by atoms with Crippen molar-refractivity contribution in [1.29, 1.82) is 0 Å². The van der Waals surface area contributed by atoms with Crippen LogP contribution < -0.4 is 15.0 Å². The van der Waals surface area contributed by atoms with E-state index in [1.54, 1.807) is 25.6 Å². The Labute approximate surface area is 206 Å². The summed E-state index contributed by atoms with van der Waals surface area (Å²) >= 11 is 1.55. The van der Waals surface area contributed by atoms with Crippen LogP contribution in [0.2, 0.25) is 0 Å². The van der Waals surface area contributed by atoms with Crippen LogP contribution in [0.3, 0.4) is 0 Å². The van der Waals surface area contributed by atoms with E-state index in [-0.39, 0.29) is 6.04 Å². The molecular formula is C24H26FN7O2S. The molecule has 9 nitrogen and oxygen atoms in total. The number of benzene rings is 1. The molecule has 182 valence electrons. The van der Waals surface area contributed by atoms with Gasteiger partial charge in [0.05, 0.1) is 56.2 Å². The Balaban J connectivity index is 1.51. The highest BCUT2D eigenvalue weighted by atomic mass is 32.1. The number of fused-ring (bicyclic) bond motifs is 3. The molecule has 1 aliphatic rings. The summed E-state index contributed by atoms with van der Waals surface area (Å²) in [6, 6.07) is 8.16. The minimum Gasteiger partial charge on any atom is -0.497 e. The molecule has 4 heterocycles. The number of anilines is 3. The van der Waals surface area contributed by atoms with Gasteiger partial charge in [-0.2, -0.15) is 5.10 Å². The third kappa shape index (κ3) is 4.82. The summed E-state index contributed by atoms with van der Waals surface area (Å²) < 4.78 is 26.0. The topological polar surface area (TPSA) is 90.2 Å². The SMILES string of the molecule is COC[C@H](C)N1CCc2sc(Nc3ncc(F)cn3)nc2-c2cnn(Cc3ccc(OC)cc3)c21. The summed E-state index contributed by atoms with van der Waals surface area (Å²) in [5.74, 6) is 1.66. The first-order chi connectivity index (χ1) is 17.1. The van der Waals surface area contributed by atoms with Gasteiger partial charge in [-0.1, -0.05) is 12.1 Å². The van der Waals surface area contributed by atoms with Gasteiger partial charge < -0.3 is 19.7 Å². The molecule has 1 aliphatic heterocycles. The predicted octanol–water partition coefficient (Wildman–Crippen LogP) is 4.13. The van der Waals surface area contributed by atoms with Gasteiger partial charge in [0.2, 0.25) is 5.95 Å². The highest BCUT2D eigenvalue weighted by molar-refractivity contribution is 7.16. The minimum atomic E-state index is -0.482. The maximum absolute atomic E-state index is 13.2. The minimum absolute atomic E-state index is 0.157. The van der Waals surface area contributed by atoms with Gasteiger partial charge in [-0.05, 0) is 24.6 Å². The van der Waals surface area contributed by atoms with Gasteiger partial charge in [0.25, 0.3) is 0 Å². The van der Waals surface area contributed by atoms with Crippen LogP contribution in [0, 0.1) is 5.82 Å². The molecule has 0 bridgehead atoms. The average molecular weight is 496 g/mol. The number of halogens is 1. The number of ether oxygens (including phenoxy) is 2. The van der Waals surface area contributed by atoms with Crippen LogP contribution in [-0.4, -0.2) is 58.1 Å². The number of hydrogen-bond donors (Lipinski definition) is 1. The molecule has 5 rings (SSSR count). The molecule has 0 unspecified atom stereocenters. The third-order valence-corrected chi connectivity index (χ3v) is 6.92. The fourth-order valence-corrected chi connectivity index (χ4v) is 5.17. The first-order valence-corrected chi connectivity index (χ1v) is 12.1. The van der Waals surface area contributed by atoms with Gasteiger partial charge >= 0.3 is 0 Å². The molecule has 35 heavy (non-hydrogen) atoms. The molecule has 3 aromatic heterocycles. The summed E-state index contributed by atoms with van der Waals surface area (Å²) in [7, 11) is 3.38. The van der Waals surface area contributed by atoms with Crippen molar-refractivity contribution in [3.63, 3.8) is 0 Å². The zero-order valence-corrected chi connectivity index (χ0v) is 20.5. The van der Waals surface area contributed by atoms with Crippen molar-refractivity contribution in [2.75, 3.05) is 37.6 Å². The van der Waals surface area contributed by atoms with Gasteiger partial charge in [0.1, 0.15) is 11.6 Å². The van der Waals surface area contributed by atoms with Crippen LogP contribution >= 0.6 is 11.3 Å². The van der Waals surface area contributed by atoms with Crippen molar-refractivity contribution < 1.29 is 13.9 Å². The molecule has 1 atom stereocenters. The summed E-state index contributed by atoms with van der Waals surface area (Å²) in [4.78, 5) is 16.3. The number of rotatable bonds is 8. The lowest BCUT2D eigenvalue weighted by Gasteiger charge is -2.31. The largest absolute Gasteiger partial charge is 0.497 e. The van der Waals surface area contributed by atoms with Gasteiger partial charge in [0, 0.05) is 25.0 Å². The Morgan fingerprint density at radius 3 is 2.63 bits per heavy atom. The average Bonchev–Trinajstić information content (AvgIpc) is 3.41. The fraction of sp³-hybridized carbons (Fsp3) is 0.333. The quantitative estimate of drug-likeness (QED) is 0.390. The normalized spacial score (nSPS) is 13.7. The zero-order chi connectivity index (χ0) is 24.4. The summed E-state index contributed by atoms with van der Waals surface area (Å²) in [5, 5.41) is 8.51. The van der Waals surface area contributed by atoms with Crippen LogP contribution in [0.5, 0.6) is 5.75 Å². The van der Waals surface area contributed by atoms with E-state index < -0.39 is 5.82 Å². The lowest BCUT2D eigenvalue weighted by Crippen LogP contribution is -2.39. The molecular weight excluding hydrogens is 469 g/mol. The van der Waals surface area contributed by atoms with E-state index in [1.165, 1.54) is 0 Å². The molecule has 0 fully saturated rings. The van der Waals surface area contributed by atoms with Gasteiger partial charge in [-0.25, -0.2) is 24.0 Å². The van der Waals surface area contributed by atoms with Crippen LogP contribution in [0.25, 0.3) is 11.3 Å². The summed E-state index contributed by atoms with van der Waals surface area (Å²) in [6.07, 6.45) is 4.96. The molecule has 1 aromatic carbocycles. The molecule has 4 aromatic rings. The van der Waals surface area contributed by atoms with E-state index in [2.05, 4.69) is 27.1 Å².